The summed E-state index contributed by atoms with van der Waals surface area (Å²) < 4.78 is 0. The van der Waals surface area contributed by atoms with Crippen molar-refractivity contribution < 1.29 is 4.79 Å². The topological polar surface area (TPSA) is 32.3 Å². The first-order valence-electron chi connectivity index (χ1n) is 8.04. The van der Waals surface area contributed by atoms with E-state index in [-0.39, 0.29) is 5.91 Å². The third kappa shape index (κ3) is 3.99. The Bertz CT molecular complexity index is 468. The van der Waals surface area contributed by atoms with E-state index in [1.165, 1.54) is 12.8 Å². The van der Waals surface area contributed by atoms with Crippen molar-refractivity contribution in [2.24, 2.45) is 5.41 Å². The summed E-state index contributed by atoms with van der Waals surface area (Å²) in [5.41, 5.74) is 2.29. The zero-order valence-corrected chi connectivity index (χ0v) is 13.8. The fraction of sp³-hybridized carbons (Fsp3) is 0.611. The molecule has 1 fully saturated rings. The van der Waals surface area contributed by atoms with Crippen molar-refractivity contribution >= 4 is 11.6 Å². The molecule has 0 atom stereocenters. The average Bonchev–Trinajstić information content (AvgIpc) is 2.47. The number of carbonyl (C=O) groups excluding carboxylic acids is 1. The van der Waals surface area contributed by atoms with Crippen molar-refractivity contribution in [2.45, 2.75) is 52.5 Å². The molecule has 3 heteroatoms. The van der Waals surface area contributed by atoms with E-state index in [9.17, 15) is 4.79 Å². The highest BCUT2D eigenvalue weighted by atomic mass is 16.2. The molecule has 1 aliphatic carbocycles. The number of hydrogen-bond donors (Lipinski definition) is 1. The highest BCUT2D eigenvalue weighted by Crippen LogP contribution is 2.36. The summed E-state index contributed by atoms with van der Waals surface area (Å²) in [5, 5.41) is 3.25. The molecular weight excluding hydrogens is 260 g/mol. The van der Waals surface area contributed by atoms with Gasteiger partial charge in [-0.3, -0.25) is 4.79 Å². The second-order valence-electron chi connectivity index (χ2n) is 6.92. The van der Waals surface area contributed by atoms with Gasteiger partial charge in [0.15, 0.2) is 0 Å². The van der Waals surface area contributed by atoms with Crippen LogP contribution in [0.25, 0.3) is 0 Å². The molecule has 0 bridgehead atoms. The Kier molecular flexibility index (Phi) is 4.92. The normalized spacial score (nSPS) is 18.3. The fourth-order valence-corrected chi connectivity index (χ4v) is 3.08. The smallest absolute Gasteiger partial charge is 0.253 e. The molecule has 21 heavy (non-hydrogen) atoms. The molecule has 0 radical (unpaired) electrons. The van der Waals surface area contributed by atoms with Crippen LogP contribution in [0.1, 0.15) is 56.8 Å². The summed E-state index contributed by atoms with van der Waals surface area (Å²) in [7, 11) is 1.95. The first kappa shape index (κ1) is 15.9. The minimum absolute atomic E-state index is 0.141. The van der Waals surface area contributed by atoms with Gasteiger partial charge in [0.25, 0.3) is 5.91 Å². The van der Waals surface area contributed by atoms with Gasteiger partial charge in [-0.15, -0.1) is 0 Å². The molecule has 0 spiro atoms. The second-order valence-corrected chi connectivity index (χ2v) is 6.92. The van der Waals surface area contributed by atoms with Gasteiger partial charge in [-0.25, -0.2) is 0 Å². The number of rotatable bonds is 4. The first-order valence-corrected chi connectivity index (χ1v) is 8.04. The van der Waals surface area contributed by atoms with E-state index in [1.807, 2.05) is 36.2 Å². The number of anilines is 1. The Balaban J connectivity index is 1.99. The molecule has 0 unspecified atom stereocenters. The molecule has 0 aromatic heterocycles. The average molecular weight is 288 g/mol. The molecule has 1 aromatic rings. The van der Waals surface area contributed by atoms with Crippen LogP contribution < -0.4 is 5.32 Å². The molecule has 0 saturated heterocycles. The first-order chi connectivity index (χ1) is 9.93. The van der Waals surface area contributed by atoms with Gasteiger partial charge in [0.2, 0.25) is 0 Å². The van der Waals surface area contributed by atoms with E-state index in [1.54, 1.807) is 0 Å². The number of amides is 1. The molecule has 116 valence electrons. The van der Waals surface area contributed by atoms with Crippen LogP contribution in [-0.2, 0) is 0 Å². The van der Waals surface area contributed by atoms with Crippen molar-refractivity contribution in [1.82, 2.24) is 4.90 Å². The van der Waals surface area contributed by atoms with E-state index >= 15 is 0 Å². The number of nitrogens with one attached hydrogen (secondary N) is 1. The predicted octanol–water partition coefficient (Wildman–Crippen LogP) is 4.16. The number of carbonyl (C=O) groups is 1. The Morgan fingerprint density at radius 1 is 1.24 bits per heavy atom. The molecule has 1 saturated carbocycles. The van der Waals surface area contributed by atoms with Crippen molar-refractivity contribution in [1.29, 1.82) is 0 Å². The minimum Gasteiger partial charge on any atom is -0.385 e. The molecular formula is C18H28N2O. The van der Waals surface area contributed by atoms with Gasteiger partial charge in [-0.05, 0) is 62.3 Å². The summed E-state index contributed by atoms with van der Waals surface area (Å²) in [6, 6.07) is 8.19. The van der Waals surface area contributed by atoms with Gasteiger partial charge in [0.05, 0.1) is 0 Å². The van der Waals surface area contributed by atoms with Gasteiger partial charge in [0, 0.05) is 30.9 Å². The molecule has 1 aliphatic rings. The Morgan fingerprint density at radius 2 is 1.81 bits per heavy atom. The van der Waals surface area contributed by atoms with Crippen LogP contribution in [0.3, 0.4) is 0 Å². The summed E-state index contributed by atoms with van der Waals surface area (Å²) in [5.74, 6) is 0.141. The predicted molar refractivity (Wildman–Crippen MR) is 88.7 cm³/mol. The molecule has 2 rings (SSSR count). The number of hydrogen-bond acceptors (Lipinski definition) is 2. The number of benzene rings is 1. The summed E-state index contributed by atoms with van der Waals surface area (Å²) >= 11 is 0. The maximum absolute atomic E-state index is 12.6. The summed E-state index contributed by atoms with van der Waals surface area (Å²) in [4.78, 5) is 14.5. The van der Waals surface area contributed by atoms with Crippen LogP contribution in [0.4, 0.5) is 5.69 Å². The van der Waals surface area contributed by atoms with Gasteiger partial charge in [0.1, 0.15) is 0 Å². The summed E-state index contributed by atoms with van der Waals surface area (Å²) in [6.45, 7) is 7.61. The van der Waals surface area contributed by atoms with E-state index in [4.69, 9.17) is 0 Å². The lowest BCUT2D eigenvalue weighted by atomic mass is 9.75. The fourth-order valence-electron chi connectivity index (χ4n) is 3.08. The van der Waals surface area contributed by atoms with Crippen LogP contribution in [0.15, 0.2) is 24.3 Å². The van der Waals surface area contributed by atoms with Crippen LogP contribution >= 0.6 is 0 Å². The van der Waals surface area contributed by atoms with Gasteiger partial charge >= 0.3 is 0 Å². The maximum atomic E-state index is 12.6. The minimum atomic E-state index is 0.141. The van der Waals surface area contributed by atoms with Crippen molar-refractivity contribution in [2.75, 3.05) is 18.9 Å². The SMILES string of the molecule is CCNc1ccc(C(=O)N(C)C2CCC(C)(C)CC2)cc1. The monoisotopic (exact) mass is 288 g/mol. The zero-order chi connectivity index (χ0) is 15.5. The van der Waals surface area contributed by atoms with E-state index in [2.05, 4.69) is 26.1 Å². The zero-order valence-electron chi connectivity index (χ0n) is 13.8. The van der Waals surface area contributed by atoms with Crippen molar-refractivity contribution in [3.05, 3.63) is 29.8 Å². The molecule has 1 N–H and O–H groups in total. The second kappa shape index (κ2) is 6.50. The lowest BCUT2D eigenvalue weighted by Gasteiger charge is -2.38. The highest BCUT2D eigenvalue weighted by molar-refractivity contribution is 5.94. The summed E-state index contributed by atoms with van der Waals surface area (Å²) in [6.07, 6.45) is 4.64. The van der Waals surface area contributed by atoms with Crippen LogP contribution in [0.5, 0.6) is 0 Å². The highest BCUT2D eigenvalue weighted by Gasteiger charge is 2.30. The third-order valence-electron chi connectivity index (χ3n) is 4.69. The Labute approximate surface area is 128 Å². The van der Waals surface area contributed by atoms with Gasteiger partial charge in [-0.1, -0.05) is 13.8 Å². The lowest BCUT2D eigenvalue weighted by Crippen LogP contribution is -2.40. The Hall–Kier alpha value is -1.51. The van der Waals surface area contributed by atoms with E-state index in [0.29, 0.717) is 11.5 Å². The van der Waals surface area contributed by atoms with E-state index < -0.39 is 0 Å². The van der Waals surface area contributed by atoms with Gasteiger partial charge < -0.3 is 10.2 Å². The molecule has 0 heterocycles. The molecule has 3 nitrogen and oxygen atoms in total. The maximum Gasteiger partial charge on any atom is 0.253 e. The van der Waals surface area contributed by atoms with Crippen LogP contribution in [0, 0.1) is 5.41 Å². The van der Waals surface area contributed by atoms with Crippen LogP contribution in [0.2, 0.25) is 0 Å². The van der Waals surface area contributed by atoms with Crippen LogP contribution in [-0.4, -0.2) is 30.4 Å². The lowest BCUT2D eigenvalue weighted by molar-refractivity contribution is 0.0635. The molecule has 1 aromatic carbocycles. The molecule has 1 amide bonds. The Morgan fingerprint density at radius 3 is 2.33 bits per heavy atom. The largest absolute Gasteiger partial charge is 0.385 e. The standard InChI is InChI=1S/C18H28N2O/c1-5-19-15-8-6-14(7-9-15)17(21)20(4)16-10-12-18(2,3)13-11-16/h6-9,16,19H,5,10-13H2,1-4H3. The van der Waals surface area contributed by atoms with Crippen molar-refractivity contribution in [3.63, 3.8) is 0 Å². The van der Waals surface area contributed by atoms with E-state index in [0.717, 1.165) is 30.6 Å². The van der Waals surface area contributed by atoms with Crippen molar-refractivity contribution in [3.8, 4) is 0 Å². The quantitative estimate of drug-likeness (QED) is 0.902. The van der Waals surface area contributed by atoms with Gasteiger partial charge in [-0.2, -0.15) is 0 Å². The molecule has 0 aliphatic heterocycles. The number of nitrogens with zero attached hydrogens (tertiary/aromatic N) is 1. The third-order valence-corrected chi connectivity index (χ3v) is 4.69.